The summed E-state index contributed by atoms with van der Waals surface area (Å²) in [4.78, 5) is 35.5. The lowest BCUT2D eigenvalue weighted by Crippen LogP contribution is -2.26. The summed E-state index contributed by atoms with van der Waals surface area (Å²) in [5.74, 6) is -0.782. The Morgan fingerprint density at radius 3 is 2.96 bits per heavy atom. The molecule has 130 valence electrons. The molecule has 1 aromatic carbocycles. The zero-order valence-corrected chi connectivity index (χ0v) is 13.8. The number of pyridine rings is 2. The van der Waals surface area contributed by atoms with Gasteiger partial charge in [-0.05, 0) is 35.7 Å². The fourth-order valence-corrected chi connectivity index (χ4v) is 2.77. The first-order valence-corrected chi connectivity index (χ1v) is 7.88. The highest BCUT2D eigenvalue weighted by atomic mass is 19.1. The minimum absolute atomic E-state index is 0.0434. The molecule has 0 saturated carbocycles. The number of aromatic amines is 1. The van der Waals surface area contributed by atoms with Gasteiger partial charge in [0, 0.05) is 25.4 Å². The van der Waals surface area contributed by atoms with Crippen molar-refractivity contribution in [1.82, 2.24) is 24.8 Å². The molecule has 0 saturated heterocycles. The van der Waals surface area contributed by atoms with Crippen LogP contribution in [0, 0.1) is 5.82 Å². The van der Waals surface area contributed by atoms with E-state index < -0.39 is 5.82 Å². The molecule has 0 atom stereocenters. The van der Waals surface area contributed by atoms with E-state index in [1.165, 1.54) is 18.3 Å². The Bertz CT molecular complexity index is 1210. The lowest BCUT2D eigenvalue weighted by Gasteiger charge is -2.06. The van der Waals surface area contributed by atoms with E-state index in [1.54, 1.807) is 29.1 Å². The summed E-state index contributed by atoms with van der Waals surface area (Å²) in [5, 5.41) is 3.38. The molecule has 0 bridgehead atoms. The molecular weight excluding hydrogens is 337 g/mol. The molecule has 0 aliphatic carbocycles. The molecule has 0 spiro atoms. The van der Waals surface area contributed by atoms with E-state index in [2.05, 4.69) is 20.3 Å². The van der Waals surface area contributed by atoms with Crippen LogP contribution >= 0.6 is 0 Å². The molecule has 0 aliphatic heterocycles. The minimum atomic E-state index is -0.424. The number of hydrogen-bond donors (Lipinski definition) is 2. The van der Waals surface area contributed by atoms with E-state index in [1.807, 2.05) is 7.05 Å². The van der Waals surface area contributed by atoms with Crippen molar-refractivity contribution in [2.24, 2.45) is 7.05 Å². The standard InChI is InChI=1S/C18H14FN5O2/c1-24-9-22-15-5-12(7-20-16(15)24)17(25)21-8-11-4-10-2-3-13(19)6-14(10)23-18(11)26/h2-7,9H,8H2,1H3,(H,21,25)(H,23,26). The third-order valence-corrected chi connectivity index (χ3v) is 4.14. The van der Waals surface area contributed by atoms with Crippen molar-refractivity contribution in [3.63, 3.8) is 0 Å². The molecule has 0 radical (unpaired) electrons. The van der Waals surface area contributed by atoms with E-state index in [0.717, 1.165) is 0 Å². The van der Waals surface area contributed by atoms with Gasteiger partial charge in [0.1, 0.15) is 11.3 Å². The van der Waals surface area contributed by atoms with Crippen molar-refractivity contribution in [3.8, 4) is 0 Å². The number of aryl methyl sites for hydroxylation is 1. The number of nitrogens with one attached hydrogen (secondary N) is 2. The molecule has 0 unspecified atom stereocenters. The van der Waals surface area contributed by atoms with E-state index >= 15 is 0 Å². The second-order valence-electron chi connectivity index (χ2n) is 5.96. The normalized spacial score (nSPS) is 11.2. The van der Waals surface area contributed by atoms with Crippen LogP contribution in [0.4, 0.5) is 4.39 Å². The molecule has 7 nitrogen and oxygen atoms in total. The first-order valence-electron chi connectivity index (χ1n) is 7.88. The van der Waals surface area contributed by atoms with Crippen LogP contribution in [0.1, 0.15) is 15.9 Å². The highest BCUT2D eigenvalue weighted by molar-refractivity contribution is 5.96. The Balaban J connectivity index is 1.56. The van der Waals surface area contributed by atoms with E-state index in [0.29, 0.717) is 33.2 Å². The van der Waals surface area contributed by atoms with Gasteiger partial charge in [-0.2, -0.15) is 0 Å². The molecule has 0 aliphatic rings. The number of halogens is 1. The molecule has 3 heterocycles. The van der Waals surface area contributed by atoms with Crippen molar-refractivity contribution in [3.05, 3.63) is 70.2 Å². The summed E-state index contributed by atoms with van der Waals surface area (Å²) < 4.78 is 15.0. The lowest BCUT2D eigenvalue weighted by molar-refractivity contribution is 0.0950. The Kier molecular flexibility index (Phi) is 3.72. The Labute approximate surface area is 146 Å². The van der Waals surface area contributed by atoms with Crippen molar-refractivity contribution in [2.75, 3.05) is 0 Å². The summed E-state index contributed by atoms with van der Waals surface area (Å²) in [7, 11) is 1.82. The van der Waals surface area contributed by atoms with Crippen LogP contribution in [-0.2, 0) is 13.6 Å². The average Bonchev–Trinajstić information content (AvgIpc) is 3.00. The van der Waals surface area contributed by atoms with E-state index in [4.69, 9.17) is 0 Å². The predicted octanol–water partition coefficient (Wildman–Crippen LogP) is 1.88. The Morgan fingerprint density at radius 2 is 2.12 bits per heavy atom. The number of imidazole rings is 1. The third kappa shape index (κ3) is 2.81. The van der Waals surface area contributed by atoms with Crippen LogP contribution in [0.2, 0.25) is 0 Å². The average molecular weight is 351 g/mol. The second kappa shape index (κ2) is 6.07. The van der Waals surface area contributed by atoms with Crippen LogP contribution in [-0.4, -0.2) is 25.4 Å². The molecule has 4 rings (SSSR count). The number of hydrogen-bond acceptors (Lipinski definition) is 4. The van der Waals surface area contributed by atoms with Crippen LogP contribution in [0.25, 0.3) is 22.1 Å². The van der Waals surface area contributed by atoms with E-state index in [9.17, 15) is 14.0 Å². The van der Waals surface area contributed by atoms with Gasteiger partial charge in [-0.3, -0.25) is 9.59 Å². The number of rotatable bonds is 3. The van der Waals surface area contributed by atoms with Crippen molar-refractivity contribution >= 4 is 28.0 Å². The molecule has 8 heteroatoms. The van der Waals surface area contributed by atoms with Crippen LogP contribution in [0.3, 0.4) is 0 Å². The number of benzene rings is 1. The third-order valence-electron chi connectivity index (χ3n) is 4.14. The largest absolute Gasteiger partial charge is 0.348 e. The van der Waals surface area contributed by atoms with Crippen LogP contribution in [0.5, 0.6) is 0 Å². The van der Waals surface area contributed by atoms with Gasteiger partial charge >= 0.3 is 0 Å². The summed E-state index contributed by atoms with van der Waals surface area (Å²) in [6.45, 7) is 0.0434. The number of amides is 1. The number of carbonyl (C=O) groups is 1. The molecule has 4 aromatic rings. The fourth-order valence-electron chi connectivity index (χ4n) is 2.77. The van der Waals surface area contributed by atoms with Crippen LogP contribution < -0.4 is 10.9 Å². The molecule has 1 amide bonds. The number of H-pyrrole nitrogens is 1. The topological polar surface area (TPSA) is 92.7 Å². The number of carbonyl (C=O) groups excluding carboxylic acids is 1. The van der Waals surface area contributed by atoms with Crippen molar-refractivity contribution < 1.29 is 9.18 Å². The highest BCUT2D eigenvalue weighted by Gasteiger charge is 2.11. The fraction of sp³-hybridized carbons (Fsp3) is 0.111. The maximum absolute atomic E-state index is 13.2. The second-order valence-corrected chi connectivity index (χ2v) is 5.96. The monoisotopic (exact) mass is 351 g/mol. The summed E-state index contributed by atoms with van der Waals surface area (Å²) >= 11 is 0. The van der Waals surface area contributed by atoms with E-state index in [-0.39, 0.29) is 18.0 Å². The minimum Gasteiger partial charge on any atom is -0.348 e. The SMILES string of the molecule is Cn1cnc2cc(C(=O)NCc3cc4ccc(F)cc4[nH]c3=O)cnc21. The highest BCUT2D eigenvalue weighted by Crippen LogP contribution is 2.13. The zero-order chi connectivity index (χ0) is 18.3. The van der Waals surface area contributed by atoms with Gasteiger partial charge in [0.2, 0.25) is 0 Å². The summed E-state index contributed by atoms with van der Waals surface area (Å²) in [6.07, 6.45) is 3.09. The predicted molar refractivity (Wildman–Crippen MR) is 94.2 cm³/mol. The number of nitrogens with zero attached hydrogens (tertiary/aromatic N) is 3. The molecule has 0 fully saturated rings. The zero-order valence-electron chi connectivity index (χ0n) is 13.8. The Hall–Kier alpha value is -3.55. The van der Waals surface area contributed by atoms with Gasteiger partial charge in [-0.25, -0.2) is 14.4 Å². The summed E-state index contributed by atoms with van der Waals surface area (Å²) in [6, 6.07) is 7.42. The molecule has 2 N–H and O–H groups in total. The Morgan fingerprint density at radius 1 is 1.27 bits per heavy atom. The quantitative estimate of drug-likeness (QED) is 0.589. The molecule has 26 heavy (non-hydrogen) atoms. The molecule has 3 aromatic heterocycles. The summed E-state index contributed by atoms with van der Waals surface area (Å²) in [5.41, 5.74) is 2.07. The van der Waals surface area contributed by atoms with Gasteiger partial charge in [-0.15, -0.1) is 0 Å². The first-order chi connectivity index (χ1) is 12.5. The number of fused-ring (bicyclic) bond motifs is 2. The number of aromatic nitrogens is 4. The van der Waals surface area contributed by atoms with Gasteiger partial charge in [-0.1, -0.05) is 0 Å². The molecular formula is C18H14FN5O2. The first kappa shape index (κ1) is 15.9. The van der Waals surface area contributed by atoms with Crippen LogP contribution in [0.15, 0.2) is 47.7 Å². The van der Waals surface area contributed by atoms with Crippen molar-refractivity contribution in [1.29, 1.82) is 0 Å². The van der Waals surface area contributed by atoms with Gasteiger partial charge < -0.3 is 14.9 Å². The van der Waals surface area contributed by atoms with Gasteiger partial charge in [0.05, 0.1) is 17.4 Å². The smallest absolute Gasteiger partial charge is 0.253 e. The van der Waals surface area contributed by atoms with Gasteiger partial charge in [0.25, 0.3) is 11.5 Å². The van der Waals surface area contributed by atoms with Crippen molar-refractivity contribution in [2.45, 2.75) is 6.54 Å². The maximum atomic E-state index is 13.2. The van der Waals surface area contributed by atoms with Gasteiger partial charge in [0.15, 0.2) is 5.65 Å². The maximum Gasteiger partial charge on any atom is 0.253 e. The lowest BCUT2D eigenvalue weighted by atomic mass is 10.1.